The zero-order valence-electron chi connectivity index (χ0n) is 7.72. The lowest BCUT2D eigenvalue weighted by atomic mass is 9.78. The molecular formula is C10H13NO. The summed E-state index contributed by atoms with van der Waals surface area (Å²) in [6, 6.07) is 1.58. The van der Waals surface area contributed by atoms with E-state index in [1.807, 2.05) is 20.8 Å². The van der Waals surface area contributed by atoms with Crippen LogP contribution < -0.4 is 0 Å². The summed E-state index contributed by atoms with van der Waals surface area (Å²) < 4.78 is 0. The highest BCUT2D eigenvalue weighted by atomic mass is 16.1. The molecule has 64 valence electrons. The van der Waals surface area contributed by atoms with E-state index in [9.17, 15) is 4.79 Å². The fourth-order valence-electron chi connectivity index (χ4n) is 0.721. The average Bonchev–Trinajstić information content (AvgIpc) is 2.04. The van der Waals surface area contributed by atoms with Crippen molar-refractivity contribution in [1.82, 2.24) is 0 Å². The van der Waals surface area contributed by atoms with Crippen molar-refractivity contribution in [3.63, 3.8) is 0 Å². The Bertz CT molecular complexity index is 252. The van der Waals surface area contributed by atoms with Crippen molar-refractivity contribution < 1.29 is 4.79 Å². The highest BCUT2D eigenvalue weighted by Gasteiger charge is 2.24. The first-order chi connectivity index (χ1) is 5.44. The Morgan fingerprint density at radius 3 is 2.50 bits per heavy atom. The van der Waals surface area contributed by atoms with Gasteiger partial charge in [-0.3, -0.25) is 4.79 Å². The summed E-state index contributed by atoms with van der Waals surface area (Å²) in [6.45, 7) is 5.67. The summed E-state index contributed by atoms with van der Waals surface area (Å²) in [6.07, 6.45) is 5.52. The predicted octanol–water partition coefficient (Wildman–Crippen LogP) is 1.76. The first kappa shape index (κ1) is 10.7. The zero-order chi connectivity index (χ0) is 9.78. The standard InChI is InChI=1S/C10H13NO/c1-5-10(3,4)8(2)6-9(12)7-11/h1,8H,6H2,2-4H3. The van der Waals surface area contributed by atoms with Gasteiger partial charge in [0.15, 0.2) is 0 Å². The molecule has 0 rings (SSSR count). The predicted molar refractivity (Wildman–Crippen MR) is 47.0 cm³/mol. The summed E-state index contributed by atoms with van der Waals surface area (Å²) in [5.41, 5.74) is -0.313. The molecule has 0 aliphatic heterocycles. The van der Waals surface area contributed by atoms with E-state index < -0.39 is 5.78 Å². The average molecular weight is 163 g/mol. The van der Waals surface area contributed by atoms with Gasteiger partial charge in [-0.15, -0.1) is 12.3 Å². The van der Waals surface area contributed by atoms with Crippen LogP contribution >= 0.6 is 0 Å². The molecule has 0 bridgehead atoms. The third-order valence-electron chi connectivity index (χ3n) is 2.22. The van der Waals surface area contributed by atoms with Gasteiger partial charge in [0.2, 0.25) is 5.78 Å². The number of Topliss-reactive ketones (excluding diaryl/α,β-unsaturated/α-hetero) is 1. The molecule has 0 radical (unpaired) electrons. The van der Waals surface area contributed by atoms with Crippen LogP contribution in [0.2, 0.25) is 0 Å². The third-order valence-corrected chi connectivity index (χ3v) is 2.22. The minimum Gasteiger partial charge on any atom is -0.283 e. The topological polar surface area (TPSA) is 40.9 Å². The SMILES string of the molecule is C#CC(C)(C)C(C)CC(=O)C#N. The molecular weight excluding hydrogens is 150 g/mol. The van der Waals surface area contributed by atoms with E-state index in [1.54, 1.807) is 6.07 Å². The Morgan fingerprint density at radius 1 is 1.67 bits per heavy atom. The minimum atomic E-state index is -0.397. The van der Waals surface area contributed by atoms with Crippen molar-refractivity contribution in [3.8, 4) is 18.4 Å². The molecule has 0 saturated heterocycles. The molecule has 2 heteroatoms. The molecule has 0 amide bonds. The van der Waals surface area contributed by atoms with Gasteiger partial charge in [0, 0.05) is 11.8 Å². The number of hydrogen-bond acceptors (Lipinski definition) is 2. The Labute approximate surface area is 73.6 Å². The van der Waals surface area contributed by atoms with Crippen LogP contribution in [0.5, 0.6) is 0 Å². The highest BCUT2D eigenvalue weighted by Crippen LogP contribution is 2.27. The number of ketones is 1. The van der Waals surface area contributed by atoms with E-state index in [0.717, 1.165) is 0 Å². The lowest BCUT2D eigenvalue weighted by Gasteiger charge is -2.24. The van der Waals surface area contributed by atoms with E-state index in [-0.39, 0.29) is 17.8 Å². The van der Waals surface area contributed by atoms with Crippen molar-refractivity contribution in [1.29, 1.82) is 5.26 Å². The molecule has 0 aliphatic rings. The van der Waals surface area contributed by atoms with Crippen LogP contribution in [0.25, 0.3) is 0 Å². The molecule has 0 aromatic rings. The molecule has 0 heterocycles. The molecule has 1 unspecified atom stereocenters. The van der Waals surface area contributed by atoms with Crippen LogP contribution in [0.4, 0.5) is 0 Å². The van der Waals surface area contributed by atoms with Crippen LogP contribution in [0.15, 0.2) is 0 Å². The van der Waals surface area contributed by atoms with Crippen molar-refractivity contribution >= 4 is 5.78 Å². The highest BCUT2D eigenvalue weighted by molar-refractivity contribution is 5.93. The van der Waals surface area contributed by atoms with E-state index >= 15 is 0 Å². The number of terminal acetylenes is 1. The van der Waals surface area contributed by atoms with E-state index in [4.69, 9.17) is 11.7 Å². The number of carbonyl (C=O) groups excluding carboxylic acids is 1. The van der Waals surface area contributed by atoms with Gasteiger partial charge in [-0.25, -0.2) is 0 Å². The van der Waals surface area contributed by atoms with E-state index in [2.05, 4.69) is 5.92 Å². The Kier molecular flexibility index (Phi) is 3.51. The smallest absolute Gasteiger partial charge is 0.232 e. The van der Waals surface area contributed by atoms with Crippen molar-refractivity contribution in [2.24, 2.45) is 11.3 Å². The maximum Gasteiger partial charge on any atom is 0.232 e. The second kappa shape index (κ2) is 3.93. The van der Waals surface area contributed by atoms with Crippen molar-refractivity contribution in [2.45, 2.75) is 27.2 Å². The Morgan fingerprint density at radius 2 is 2.17 bits per heavy atom. The van der Waals surface area contributed by atoms with Gasteiger partial charge >= 0.3 is 0 Å². The van der Waals surface area contributed by atoms with Crippen LogP contribution in [-0.4, -0.2) is 5.78 Å². The lowest BCUT2D eigenvalue weighted by molar-refractivity contribution is -0.115. The number of hydrogen-bond donors (Lipinski definition) is 0. The van der Waals surface area contributed by atoms with Crippen LogP contribution in [0.3, 0.4) is 0 Å². The van der Waals surface area contributed by atoms with Gasteiger partial charge in [-0.05, 0) is 19.8 Å². The maximum absolute atomic E-state index is 10.8. The second-order valence-corrected chi connectivity index (χ2v) is 3.51. The van der Waals surface area contributed by atoms with Gasteiger partial charge in [-0.2, -0.15) is 5.26 Å². The summed E-state index contributed by atoms with van der Waals surface area (Å²) in [7, 11) is 0. The molecule has 12 heavy (non-hydrogen) atoms. The van der Waals surface area contributed by atoms with Crippen molar-refractivity contribution in [3.05, 3.63) is 0 Å². The van der Waals surface area contributed by atoms with Gasteiger partial charge < -0.3 is 0 Å². The van der Waals surface area contributed by atoms with Gasteiger partial charge in [-0.1, -0.05) is 6.92 Å². The van der Waals surface area contributed by atoms with Crippen LogP contribution in [0, 0.1) is 35.0 Å². The quantitative estimate of drug-likeness (QED) is 0.470. The molecule has 0 aliphatic carbocycles. The molecule has 0 fully saturated rings. The number of carbonyl (C=O) groups is 1. The molecule has 0 aromatic heterocycles. The largest absolute Gasteiger partial charge is 0.283 e. The second-order valence-electron chi connectivity index (χ2n) is 3.51. The number of rotatable bonds is 3. The zero-order valence-corrected chi connectivity index (χ0v) is 7.72. The molecule has 0 spiro atoms. The normalized spacial score (nSPS) is 12.8. The number of nitriles is 1. The Hall–Kier alpha value is -1.28. The fraction of sp³-hybridized carbons (Fsp3) is 0.600. The minimum absolute atomic E-state index is 0.0506. The van der Waals surface area contributed by atoms with Crippen LogP contribution in [-0.2, 0) is 4.79 Å². The van der Waals surface area contributed by atoms with Crippen LogP contribution in [0.1, 0.15) is 27.2 Å². The van der Waals surface area contributed by atoms with Gasteiger partial charge in [0.05, 0.1) is 0 Å². The molecule has 0 aromatic carbocycles. The summed E-state index contributed by atoms with van der Waals surface area (Å²) in [5, 5.41) is 8.27. The number of nitrogens with zero attached hydrogens (tertiary/aromatic N) is 1. The van der Waals surface area contributed by atoms with Gasteiger partial charge in [0.25, 0.3) is 0 Å². The Balaban J connectivity index is 4.27. The first-order valence-electron chi connectivity index (χ1n) is 3.84. The first-order valence-corrected chi connectivity index (χ1v) is 3.84. The molecule has 0 saturated carbocycles. The lowest BCUT2D eigenvalue weighted by Crippen LogP contribution is -2.21. The van der Waals surface area contributed by atoms with Gasteiger partial charge in [0.1, 0.15) is 6.07 Å². The fourth-order valence-corrected chi connectivity index (χ4v) is 0.721. The maximum atomic E-state index is 10.8. The molecule has 1 atom stereocenters. The van der Waals surface area contributed by atoms with E-state index in [0.29, 0.717) is 0 Å². The van der Waals surface area contributed by atoms with Crippen molar-refractivity contribution in [2.75, 3.05) is 0 Å². The summed E-state index contributed by atoms with van der Waals surface area (Å²) in [4.78, 5) is 10.8. The molecule has 2 nitrogen and oxygen atoms in total. The summed E-state index contributed by atoms with van der Waals surface area (Å²) >= 11 is 0. The molecule has 0 N–H and O–H groups in total. The third kappa shape index (κ3) is 2.76. The summed E-state index contributed by atoms with van der Waals surface area (Å²) in [5.74, 6) is 2.26. The monoisotopic (exact) mass is 163 g/mol. The van der Waals surface area contributed by atoms with E-state index in [1.165, 1.54) is 0 Å².